The maximum Gasteiger partial charge on any atom is 0.265 e. The number of anilines is 1. The molecule has 0 aliphatic rings. The summed E-state index contributed by atoms with van der Waals surface area (Å²) in [7, 11) is -0.848. The number of methoxy groups -OCH3 is 1. The van der Waals surface area contributed by atoms with Crippen LogP contribution in [-0.2, 0) is 10.0 Å². The van der Waals surface area contributed by atoms with Gasteiger partial charge < -0.3 is 4.74 Å². The van der Waals surface area contributed by atoms with E-state index in [0.717, 1.165) is 9.82 Å². The van der Waals surface area contributed by atoms with Gasteiger partial charge in [0.05, 0.1) is 23.0 Å². The molecule has 4 rings (SSSR count). The predicted octanol–water partition coefficient (Wildman–Crippen LogP) is 2.42. The monoisotopic (exact) mass is 383 g/mol. The van der Waals surface area contributed by atoms with Gasteiger partial charge in [-0.2, -0.15) is 0 Å². The van der Waals surface area contributed by atoms with E-state index in [9.17, 15) is 8.42 Å². The number of sulfonamides is 1. The first kappa shape index (κ1) is 17.2. The largest absolute Gasteiger partial charge is 0.497 e. The Labute approximate surface area is 156 Å². The van der Waals surface area contributed by atoms with Crippen LogP contribution in [0.1, 0.15) is 5.82 Å². The third-order valence-electron chi connectivity index (χ3n) is 4.39. The van der Waals surface area contributed by atoms with E-state index in [1.54, 1.807) is 16.5 Å². The summed E-state index contributed by atoms with van der Waals surface area (Å²) in [5.41, 5.74) is 1.85. The van der Waals surface area contributed by atoms with Crippen LogP contribution in [0.15, 0.2) is 53.4 Å². The Morgan fingerprint density at radius 3 is 2.44 bits per heavy atom. The zero-order chi connectivity index (χ0) is 19.2. The van der Waals surface area contributed by atoms with E-state index in [1.165, 1.54) is 26.3 Å². The van der Waals surface area contributed by atoms with Crippen LogP contribution >= 0.6 is 0 Å². The van der Waals surface area contributed by atoms with Gasteiger partial charge in [0.1, 0.15) is 11.6 Å². The van der Waals surface area contributed by atoms with Crippen molar-refractivity contribution in [2.45, 2.75) is 11.8 Å². The topological polar surface area (TPSA) is 89.7 Å². The third kappa shape index (κ3) is 2.67. The van der Waals surface area contributed by atoms with Gasteiger partial charge in [0.2, 0.25) is 5.65 Å². The molecule has 0 unspecified atom stereocenters. The third-order valence-corrected chi connectivity index (χ3v) is 6.15. The fourth-order valence-corrected chi connectivity index (χ4v) is 4.08. The molecule has 0 saturated carbocycles. The van der Waals surface area contributed by atoms with Crippen LogP contribution in [0.3, 0.4) is 0 Å². The molecule has 0 saturated heterocycles. The van der Waals surface area contributed by atoms with Gasteiger partial charge in [0.15, 0.2) is 5.82 Å². The molecule has 138 valence electrons. The van der Waals surface area contributed by atoms with Gasteiger partial charge in [-0.05, 0) is 43.3 Å². The van der Waals surface area contributed by atoms with Crippen LogP contribution in [0.5, 0.6) is 5.75 Å². The molecule has 27 heavy (non-hydrogen) atoms. The van der Waals surface area contributed by atoms with Crippen LogP contribution in [0.25, 0.3) is 16.7 Å². The van der Waals surface area contributed by atoms with Crippen molar-refractivity contribution < 1.29 is 13.2 Å². The minimum atomic E-state index is -3.83. The highest BCUT2D eigenvalue weighted by Gasteiger charge is 2.26. The Morgan fingerprint density at radius 1 is 1.04 bits per heavy atom. The van der Waals surface area contributed by atoms with Crippen molar-refractivity contribution in [3.63, 3.8) is 0 Å². The molecule has 0 N–H and O–H groups in total. The minimum Gasteiger partial charge on any atom is -0.497 e. The van der Waals surface area contributed by atoms with Crippen LogP contribution in [0, 0.1) is 6.92 Å². The number of para-hydroxylation sites is 2. The van der Waals surface area contributed by atoms with Gasteiger partial charge >= 0.3 is 0 Å². The Bertz CT molecular complexity index is 1250. The standard InChI is InChI=1S/C18H17N5O3S/c1-12-20-21-18-17(19-15-6-4-5-7-16(15)23(12)18)22(2)27(24,25)14-10-8-13(26-3)9-11-14/h4-11H,1-3H3. The van der Waals surface area contributed by atoms with Crippen molar-refractivity contribution in [2.75, 3.05) is 18.5 Å². The second-order valence-corrected chi connectivity index (χ2v) is 7.95. The zero-order valence-electron chi connectivity index (χ0n) is 15.0. The molecule has 0 atom stereocenters. The molecule has 0 fully saturated rings. The van der Waals surface area contributed by atoms with E-state index in [1.807, 2.05) is 31.2 Å². The maximum absolute atomic E-state index is 13.1. The van der Waals surface area contributed by atoms with Crippen LogP contribution in [0.2, 0.25) is 0 Å². The molecule has 8 nitrogen and oxygen atoms in total. The number of fused-ring (bicyclic) bond motifs is 3. The molecule has 2 aromatic heterocycles. The second-order valence-electron chi connectivity index (χ2n) is 5.98. The molecule has 2 aromatic carbocycles. The SMILES string of the molecule is COc1ccc(S(=O)(=O)N(C)c2nc3ccccc3n3c(C)nnc23)cc1. The first-order valence-electron chi connectivity index (χ1n) is 8.17. The van der Waals surface area contributed by atoms with E-state index in [0.29, 0.717) is 22.7 Å². The summed E-state index contributed by atoms with van der Waals surface area (Å²) < 4.78 is 34.2. The molecule has 0 bridgehead atoms. The molecular formula is C18H17N5O3S. The van der Waals surface area contributed by atoms with Gasteiger partial charge in [-0.3, -0.25) is 4.40 Å². The molecule has 9 heteroatoms. The number of aryl methyl sites for hydroxylation is 1. The number of hydrogen-bond acceptors (Lipinski definition) is 6. The summed E-state index contributed by atoms with van der Waals surface area (Å²) in [6, 6.07) is 13.7. The Balaban J connectivity index is 1.92. The minimum absolute atomic E-state index is 0.134. The van der Waals surface area contributed by atoms with E-state index < -0.39 is 10.0 Å². The average molecular weight is 383 g/mol. The van der Waals surface area contributed by atoms with E-state index >= 15 is 0 Å². The van der Waals surface area contributed by atoms with Gasteiger partial charge in [0, 0.05) is 7.05 Å². The molecule has 4 aromatic rings. The summed E-state index contributed by atoms with van der Waals surface area (Å²) in [6.07, 6.45) is 0. The van der Waals surface area contributed by atoms with Gasteiger partial charge in [-0.1, -0.05) is 12.1 Å². The van der Waals surface area contributed by atoms with E-state index in [-0.39, 0.29) is 10.7 Å². The highest BCUT2D eigenvalue weighted by atomic mass is 32.2. The molecule has 2 heterocycles. The number of ether oxygens (including phenoxy) is 1. The highest BCUT2D eigenvalue weighted by Crippen LogP contribution is 2.28. The molecule has 0 aliphatic heterocycles. The summed E-state index contributed by atoms with van der Waals surface area (Å²) >= 11 is 0. The second kappa shape index (κ2) is 6.20. The Kier molecular flexibility index (Phi) is 3.96. The van der Waals surface area contributed by atoms with Crippen molar-refractivity contribution in [1.82, 2.24) is 19.6 Å². The van der Waals surface area contributed by atoms with E-state index in [4.69, 9.17) is 4.74 Å². The summed E-state index contributed by atoms with van der Waals surface area (Å²) in [5, 5.41) is 8.25. The van der Waals surface area contributed by atoms with Gasteiger partial charge in [-0.15, -0.1) is 10.2 Å². The Hall–Kier alpha value is -3.20. The smallest absolute Gasteiger partial charge is 0.265 e. The van der Waals surface area contributed by atoms with Crippen molar-refractivity contribution >= 4 is 32.5 Å². The fourth-order valence-electron chi connectivity index (χ4n) is 2.94. The van der Waals surface area contributed by atoms with Crippen LogP contribution < -0.4 is 9.04 Å². The number of rotatable bonds is 4. The first-order chi connectivity index (χ1) is 12.9. The molecule has 0 spiro atoms. The van der Waals surface area contributed by atoms with Gasteiger partial charge in [-0.25, -0.2) is 17.7 Å². The summed E-state index contributed by atoms with van der Waals surface area (Å²) in [6.45, 7) is 1.81. The Morgan fingerprint density at radius 2 is 1.74 bits per heavy atom. The molecule has 0 aliphatic carbocycles. The number of aromatic nitrogens is 4. The summed E-state index contributed by atoms with van der Waals surface area (Å²) in [4.78, 5) is 4.68. The normalized spacial score (nSPS) is 11.8. The van der Waals surface area contributed by atoms with Crippen molar-refractivity contribution in [1.29, 1.82) is 0 Å². The van der Waals surface area contributed by atoms with Crippen molar-refractivity contribution in [3.8, 4) is 5.75 Å². The quantitative estimate of drug-likeness (QED) is 0.538. The lowest BCUT2D eigenvalue weighted by Crippen LogP contribution is -2.28. The molecule has 0 radical (unpaired) electrons. The molecular weight excluding hydrogens is 366 g/mol. The zero-order valence-corrected chi connectivity index (χ0v) is 15.8. The van der Waals surface area contributed by atoms with Crippen molar-refractivity contribution in [3.05, 3.63) is 54.4 Å². The summed E-state index contributed by atoms with van der Waals surface area (Å²) in [5.74, 6) is 1.45. The average Bonchev–Trinajstić information content (AvgIpc) is 3.09. The lowest BCUT2D eigenvalue weighted by molar-refractivity contribution is 0.414. The molecule has 0 amide bonds. The van der Waals surface area contributed by atoms with Crippen molar-refractivity contribution in [2.24, 2.45) is 0 Å². The van der Waals surface area contributed by atoms with E-state index in [2.05, 4.69) is 15.2 Å². The fraction of sp³-hybridized carbons (Fsp3) is 0.167. The van der Waals surface area contributed by atoms with Gasteiger partial charge in [0.25, 0.3) is 10.0 Å². The van der Waals surface area contributed by atoms with Crippen LogP contribution in [0.4, 0.5) is 5.82 Å². The lowest BCUT2D eigenvalue weighted by Gasteiger charge is -2.19. The predicted molar refractivity (Wildman–Crippen MR) is 102 cm³/mol. The number of benzene rings is 2. The first-order valence-corrected chi connectivity index (χ1v) is 9.61. The lowest BCUT2D eigenvalue weighted by atomic mass is 10.3. The maximum atomic E-state index is 13.1. The van der Waals surface area contributed by atoms with Crippen LogP contribution in [-0.4, -0.2) is 42.2 Å². The number of nitrogens with zero attached hydrogens (tertiary/aromatic N) is 5. The highest BCUT2D eigenvalue weighted by molar-refractivity contribution is 7.92. The number of hydrogen-bond donors (Lipinski definition) is 0.